The minimum Gasteiger partial charge on any atom is -0.478 e. The fourth-order valence-electron chi connectivity index (χ4n) is 2.21. The van der Waals surface area contributed by atoms with Gasteiger partial charge in [0.2, 0.25) is 0 Å². The summed E-state index contributed by atoms with van der Waals surface area (Å²) in [7, 11) is 0. The van der Waals surface area contributed by atoms with Gasteiger partial charge < -0.3 is 5.11 Å². The van der Waals surface area contributed by atoms with Crippen LogP contribution in [0.1, 0.15) is 33.1 Å². The van der Waals surface area contributed by atoms with E-state index >= 15 is 0 Å². The Balaban J connectivity index is 1.99. The first kappa shape index (κ1) is 11.5. The van der Waals surface area contributed by atoms with Crippen molar-refractivity contribution in [1.29, 1.82) is 0 Å². The number of hydrazone groups is 1. The molecule has 3 rings (SSSR count). The van der Waals surface area contributed by atoms with E-state index in [4.69, 9.17) is 5.11 Å². The van der Waals surface area contributed by atoms with Crippen LogP contribution < -0.4 is 5.43 Å². The van der Waals surface area contributed by atoms with Gasteiger partial charge in [-0.05, 0) is 23.3 Å². The lowest BCUT2D eigenvalue weighted by Gasteiger charge is -2.23. The van der Waals surface area contributed by atoms with Crippen molar-refractivity contribution >= 4 is 12.2 Å². The number of aromatic carboxylic acids is 1. The van der Waals surface area contributed by atoms with Crippen molar-refractivity contribution in [3.8, 4) is 0 Å². The smallest absolute Gasteiger partial charge is 0.335 e. The fourth-order valence-corrected chi connectivity index (χ4v) is 2.21. The Labute approximate surface area is 110 Å². The molecule has 94 valence electrons. The summed E-state index contributed by atoms with van der Waals surface area (Å²) in [4.78, 5) is 10.8. The molecule has 0 amide bonds. The van der Waals surface area contributed by atoms with E-state index in [0.717, 1.165) is 16.7 Å². The first-order chi connectivity index (χ1) is 9.25. The van der Waals surface area contributed by atoms with E-state index in [9.17, 15) is 4.79 Å². The Hall–Kier alpha value is -2.62. The molecule has 1 aliphatic heterocycles. The molecule has 19 heavy (non-hydrogen) atoms. The van der Waals surface area contributed by atoms with Crippen LogP contribution in [0, 0.1) is 0 Å². The maximum absolute atomic E-state index is 10.8. The molecule has 4 heteroatoms. The maximum atomic E-state index is 10.8. The topological polar surface area (TPSA) is 61.7 Å². The molecule has 2 aromatic rings. The molecular weight excluding hydrogens is 240 g/mol. The van der Waals surface area contributed by atoms with E-state index in [1.165, 1.54) is 0 Å². The second-order valence-electron chi connectivity index (χ2n) is 4.38. The van der Waals surface area contributed by atoms with Crippen LogP contribution in [0.2, 0.25) is 0 Å². The van der Waals surface area contributed by atoms with Gasteiger partial charge in [-0.3, -0.25) is 5.43 Å². The number of hydrogen-bond donors (Lipinski definition) is 2. The first-order valence-corrected chi connectivity index (χ1v) is 5.96. The van der Waals surface area contributed by atoms with Crippen LogP contribution in [0.15, 0.2) is 53.6 Å². The molecule has 1 atom stereocenters. The summed E-state index contributed by atoms with van der Waals surface area (Å²) >= 11 is 0. The Kier molecular flexibility index (Phi) is 2.76. The van der Waals surface area contributed by atoms with Gasteiger partial charge in [0, 0.05) is 5.56 Å². The van der Waals surface area contributed by atoms with E-state index in [-0.39, 0.29) is 11.6 Å². The van der Waals surface area contributed by atoms with Crippen molar-refractivity contribution in [2.75, 3.05) is 0 Å². The SMILES string of the molecule is O=C(O)c1ccc(C2NN=Cc3ccccc32)cc1. The second-order valence-corrected chi connectivity index (χ2v) is 4.38. The molecule has 0 radical (unpaired) electrons. The summed E-state index contributed by atoms with van der Waals surface area (Å²) in [6, 6.07) is 14.8. The second kappa shape index (κ2) is 4.57. The van der Waals surface area contributed by atoms with Crippen LogP contribution in [-0.4, -0.2) is 17.3 Å². The quantitative estimate of drug-likeness (QED) is 0.862. The largest absolute Gasteiger partial charge is 0.478 e. The number of carboxylic acids is 1. The molecule has 0 spiro atoms. The predicted octanol–water partition coefficient (Wildman–Crippen LogP) is 2.41. The van der Waals surface area contributed by atoms with E-state index < -0.39 is 5.97 Å². The molecule has 2 N–H and O–H groups in total. The van der Waals surface area contributed by atoms with Crippen molar-refractivity contribution < 1.29 is 9.90 Å². The van der Waals surface area contributed by atoms with Crippen LogP contribution >= 0.6 is 0 Å². The summed E-state index contributed by atoms with van der Waals surface area (Å²) < 4.78 is 0. The number of hydrogen-bond acceptors (Lipinski definition) is 3. The van der Waals surface area contributed by atoms with Crippen molar-refractivity contribution in [1.82, 2.24) is 5.43 Å². The molecule has 0 saturated heterocycles. The lowest BCUT2D eigenvalue weighted by atomic mass is 9.94. The van der Waals surface area contributed by atoms with Crippen LogP contribution in [0.25, 0.3) is 0 Å². The molecule has 1 heterocycles. The Bertz CT molecular complexity index is 647. The van der Waals surface area contributed by atoms with Gasteiger partial charge in [-0.1, -0.05) is 36.4 Å². The number of fused-ring (bicyclic) bond motifs is 1. The average molecular weight is 252 g/mol. The van der Waals surface area contributed by atoms with Gasteiger partial charge in [0.15, 0.2) is 0 Å². The number of rotatable bonds is 2. The van der Waals surface area contributed by atoms with Gasteiger partial charge >= 0.3 is 5.97 Å². The van der Waals surface area contributed by atoms with Gasteiger partial charge in [-0.2, -0.15) is 5.10 Å². The highest BCUT2D eigenvalue weighted by atomic mass is 16.4. The third kappa shape index (κ3) is 2.08. The molecule has 1 unspecified atom stereocenters. The summed E-state index contributed by atoms with van der Waals surface area (Å²) in [5, 5.41) is 13.0. The maximum Gasteiger partial charge on any atom is 0.335 e. The molecular formula is C15H12N2O2. The molecule has 4 nitrogen and oxygen atoms in total. The normalized spacial score (nSPS) is 16.5. The molecule has 0 fully saturated rings. The lowest BCUT2D eigenvalue weighted by molar-refractivity contribution is 0.0697. The van der Waals surface area contributed by atoms with E-state index in [2.05, 4.69) is 10.5 Å². The standard InChI is InChI=1S/C15H12N2O2/c18-15(19)11-7-5-10(6-8-11)14-13-4-2-1-3-12(13)9-16-17-14/h1-9,14,17H,(H,18,19). The summed E-state index contributed by atoms with van der Waals surface area (Å²) in [6.45, 7) is 0. The monoisotopic (exact) mass is 252 g/mol. The molecule has 2 aromatic carbocycles. The third-order valence-corrected chi connectivity index (χ3v) is 3.21. The highest BCUT2D eigenvalue weighted by molar-refractivity contribution is 5.87. The van der Waals surface area contributed by atoms with Crippen molar-refractivity contribution in [2.45, 2.75) is 6.04 Å². The van der Waals surface area contributed by atoms with Crippen molar-refractivity contribution in [3.63, 3.8) is 0 Å². The van der Waals surface area contributed by atoms with E-state index in [1.54, 1.807) is 18.3 Å². The molecule has 0 aliphatic carbocycles. The lowest BCUT2D eigenvalue weighted by Crippen LogP contribution is -2.22. The minimum absolute atomic E-state index is 0.0379. The molecule has 0 saturated carbocycles. The Morgan fingerprint density at radius 2 is 1.84 bits per heavy atom. The fraction of sp³-hybridized carbons (Fsp3) is 0.0667. The average Bonchev–Trinajstić information content (AvgIpc) is 2.47. The van der Waals surface area contributed by atoms with Gasteiger partial charge in [0.25, 0.3) is 0 Å². The summed E-state index contributed by atoms with van der Waals surface area (Å²) in [6.07, 6.45) is 1.79. The number of carbonyl (C=O) groups is 1. The van der Waals surface area contributed by atoms with Crippen LogP contribution in [0.4, 0.5) is 0 Å². The van der Waals surface area contributed by atoms with Gasteiger partial charge in [0.05, 0.1) is 17.8 Å². The first-order valence-electron chi connectivity index (χ1n) is 5.96. The summed E-state index contributed by atoms with van der Waals surface area (Å²) in [5.74, 6) is -0.915. The van der Waals surface area contributed by atoms with E-state index in [0.29, 0.717) is 0 Å². The molecule has 1 aliphatic rings. The Morgan fingerprint density at radius 1 is 1.11 bits per heavy atom. The minimum atomic E-state index is -0.915. The zero-order chi connectivity index (χ0) is 13.2. The molecule has 0 aromatic heterocycles. The van der Waals surface area contributed by atoms with Gasteiger partial charge in [-0.15, -0.1) is 0 Å². The highest BCUT2D eigenvalue weighted by Crippen LogP contribution is 2.26. The zero-order valence-electron chi connectivity index (χ0n) is 10.1. The van der Waals surface area contributed by atoms with Crippen molar-refractivity contribution in [2.24, 2.45) is 5.10 Å². The number of nitrogens with zero attached hydrogens (tertiary/aromatic N) is 1. The molecule has 0 bridgehead atoms. The number of nitrogens with one attached hydrogen (secondary N) is 1. The van der Waals surface area contributed by atoms with Crippen LogP contribution in [0.3, 0.4) is 0 Å². The van der Waals surface area contributed by atoms with Crippen LogP contribution in [0.5, 0.6) is 0 Å². The van der Waals surface area contributed by atoms with E-state index in [1.807, 2.05) is 36.4 Å². The zero-order valence-corrected chi connectivity index (χ0v) is 10.1. The Morgan fingerprint density at radius 3 is 2.58 bits per heavy atom. The predicted molar refractivity (Wildman–Crippen MR) is 72.4 cm³/mol. The number of carboxylic acid groups (broad SMARTS) is 1. The van der Waals surface area contributed by atoms with Gasteiger partial charge in [0.1, 0.15) is 0 Å². The highest BCUT2D eigenvalue weighted by Gasteiger charge is 2.19. The van der Waals surface area contributed by atoms with Crippen molar-refractivity contribution in [3.05, 3.63) is 70.8 Å². The van der Waals surface area contributed by atoms with Gasteiger partial charge in [-0.25, -0.2) is 4.79 Å². The summed E-state index contributed by atoms with van der Waals surface area (Å²) in [5.41, 5.74) is 6.56. The van der Waals surface area contributed by atoms with Crippen LogP contribution in [-0.2, 0) is 0 Å². The number of benzene rings is 2. The third-order valence-electron chi connectivity index (χ3n) is 3.21.